The van der Waals surface area contributed by atoms with Crippen LogP contribution >= 0.6 is 11.8 Å². The lowest BCUT2D eigenvalue weighted by molar-refractivity contribution is 0.109. The number of hydrogen-bond donors (Lipinski definition) is 0. The van der Waals surface area contributed by atoms with Crippen LogP contribution in [0, 0.1) is 5.82 Å². The zero-order valence-electron chi connectivity index (χ0n) is 13.3. The Hall–Kier alpha value is -1.36. The maximum absolute atomic E-state index is 13.9. The van der Waals surface area contributed by atoms with E-state index in [0.717, 1.165) is 38.2 Å². The molecule has 1 atom stereocenters. The van der Waals surface area contributed by atoms with E-state index in [1.807, 2.05) is 6.07 Å². The molecule has 0 bridgehead atoms. The molecule has 0 spiro atoms. The summed E-state index contributed by atoms with van der Waals surface area (Å²) in [6.07, 6.45) is 0.962. The Morgan fingerprint density at radius 2 is 1.78 bits per heavy atom. The van der Waals surface area contributed by atoms with Gasteiger partial charge in [0, 0.05) is 42.0 Å². The summed E-state index contributed by atoms with van der Waals surface area (Å²) in [5.74, 6) is -0.130. The number of rotatable bonds is 1. The summed E-state index contributed by atoms with van der Waals surface area (Å²) in [4.78, 5) is 7.39. The molecule has 0 N–H and O–H groups in total. The number of halogens is 1. The summed E-state index contributed by atoms with van der Waals surface area (Å²) >= 11 is 1.78. The Kier molecular flexibility index (Phi) is 4.14. The number of nitrogens with zero attached hydrogens (tertiary/aromatic N) is 2. The van der Waals surface area contributed by atoms with E-state index >= 15 is 0 Å². The molecule has 2 heterocycles. The number of likely N-dealkylation sites (N-methyl/N-ethyl adjacent to an activating group) is 1. The standard InChI is InChI=1S/C19H21FN2S/c1-21-8-10-22(11-9-21)17-12-14-4-2-3-5-18(14)23-19-7-6-15(20)13-16(17)19/h2-7,13,17H,8-12H2,1H3. The van der Waals surface area contributed by atoms with Crippen molar-refractivity contribution in [2.24, 2.45) is 0 Å². The van der Waals surface area contributed by atoms with Gasteiger partial charge in [-0.2, -0.15) is 0 Å². The highest BCUT2D eigenvalue weighted by Crippen LogP contribution is 2.43. The zero-order chi connectivity index (χ0) is 15.8. The van der Waals surface area contributed by atoms with Crippen molar-refractivity contribution in [3.8, 4) is 0 Å². The van der Waals surface area contributed by atoms with E-state index in [1.165, 1.54) is 15.4 Å². The van der Waals surface area contributed by atoms with Crippen molar-refractivity contribution in [1.82, 2.24) is 9.80 Å². The molecule has 1 fully saturated rings. The second-order valence-corrected chi connectivity index (χ2v) is 7.53. The second kappa shape index (κ2) is 6.27. The molecule has 2 aromatic rings. The second-order valence-electron chi connectivity index (χ2n) is 6.45. The summed E-state index contributed by atoms with van der Waals surface area (Å²) in [5, 5.41) is 0. The van der Waals surface area contributed by atoms with Gasteiger partial charge in [-0.05, 0) is 48.9 Å². The molecule has 23 heavy (non-hydrogen) atoms. The maximum Gasteiger partial charge on any atom is 0.123 e. The van der Waals surface area contributed by atoms with Crippen molar-refractivity contribution in [1.29, 1.82) is 0 Å². The van der Waals surface area contributed by atoms with E-state index in [-0.39, 0.29) is 11.9 Å². The quantitative estimate of drug-likeness (QED) is 0.786. The van der Waals surface area contributed by atoms with Crippen molar-refractivity contribution in [3.63, 3.8) is 0 Å². The molecule has 0 aliphatic carbocycles. The fourth-order valence-electron chi connectivity index (χ4n) is 3.54. The van der Waals surface area contributed by atoms with Crippen LogP contribution in [0.3, 0.4) is 0 Å². The van der Waals surface area contributed by atoms with E-state index in [0.29, 0.717) is 0 Å². The summed E-state index contributed by atoms with van der Waals surface area (Å²) < 4.78 is 13.9. The third kappa shape index (κ3) is 3.03. The Morgan fingerprint density at radius 3 is 2.61 bits per heavy atom. The molecule has 0 aromatic heterocycles. The molecule has 4 heteroatoms. The van der Waals surface area contributed by atoms with Crippen LogP contribution in [0.25, 0.3) is 0 Å². The molecular weight excluding hydrogens is 307 g/mol. The first kappa shape index (κ1) is 15.2. The van der Waals surface area contributed by atoms with Gasteiger partial charge in [-0.15, -0.1) is 0 Å². The van der Waals surface area contributed by atoms with Gasteiger partial charge in [0.2, 0.25) is 0 Å². The normalized spacial score (nSPS) is 22.3. The molecule has 1 saturated heterocycles. The van der Waals surface area contributed by atoms with Gasteiger partial charge in [0.15, 0.2) is 0 Å². The van der Waals surface area contributed by atoms with E-state index in [2.05, 4.69) is 41.1 Å². The highest BCUT2D eigenvalue weighted by molar-refractivity contribution is 7.99. The van der Waals surface area contributed by atoms with Crippen molar-refractivity contribution < 1.29 is 4.39 Å². The summed E-state index contributed by atoms with van der Waals surface area (Å²) in [7, 11) is 2.17. The molecule has 2 aliphatic rings. The number of hydrogen-bond acceptors (Lipinski definition) is 3. The average molecular weight is 328 g/mol. The summed E-state index contributed by atoms with van der Waals surface area (Å²) in [5.41, 5.74) is 2.52. The van der Waals surface area contributed by atoms with Crippen LogP contribution in [0.1, 0.15) is 17.2 Å². The van der Waals surface area contributed by atoms with E-state index in [9.17, 15) is 4.39 Å². The lowest BCUT2D eigenvalue weighted by Gasteiger charge is -2.38. The molecule has 120 valence electrons. The third-order valence-corrected chi connectivity index (χ3v) is 6.13. The molecule has 0 radical (unpaired) electrons. The van der Waals surface area contributed by atoms with E-state index < -0.39 is 0 Å². The first-order chi connectivity index (χ1) is 11.2. The number of benzene rings is 2. The zero-order valence-corrected chi connectivity index (χ0v) is 14.2. The predicted molar refractivity (Wildman–Crippen MR) is 92.5 cm³/mol. The fourth-order valence-corrected chi connectivity index (χ4v) is 4.66. The number of piperazine rings is 1. The fraction of sp³-hybridized carbons (Fsp3) is 0.368. The van der Waals surface area contributed by atoms with Crippen LogP contribution in [0.15, 0.2) is 52.3 Å². The molecule has 4 rings (SSSR count). The molecule has 2 nitrogen and oxygen atoms in total. The molecule has 2 aliphatic heterocycles. The highest BCUT2D eigenvalue weighted by atomic mass is 32.2. The SMILES string of the molecule is CN1CCN(C2Cc3ccccc3Sc3ccc(F)cc32)CC1. The van der Waals surface area contributed by atoms with Gasteiger partial charge >= 0.3 is 0 Å². The van der Waals surface area contributed by atoms with Gasteiger partial charge in [0.1, 0.15) is 5.82 Å². The van der Waals surface area contributed by atoms with Crippen molar-refractivity contribution >= 4 is 11.8 Å². The monoisotopic (exact) mass is 328 g/mol. The van der Waals surface area contributed by atoms with Crippen molar-refractivity contribution in [2.75, 3.05) is 33.2 Å². The Balaban J connectivity index is 1.76. The van der Waals surface area contributed by atoms with Crippen LogP contribution < -0.4 is 0 Å². The minimum Gasteiger partial charge on any atom is -0.304 e. The first-order valence-corrected chi connectivity index (χ1v) is 9.00. The van der Waals surface area contributed by atoms with Crippen molar-refractivity contribution in [2.45, 2.75) is 22.3 Å². The maximum atomic E-state index is 13.9. The lowest BCUT2D eigenvalue weighted by atomic mass is 9.96. The van der Waals surface area contributed by atoms with Crippen LogP contribution in [0.2, 0.25) is 0 Å². The van der Waals surface area contributed by atoms with Crippen LogP contribution in [0.5, 0.6) is 0 Å². The Labute approximate surface area is 141 Å². The molecular formula is C19H21FN2S. The van der Waals surface area contributed by atoms with Gasteiger partial charge in [-0.1, -0.05) is 30.0 Å². The first-order valence-electron chi connectivity index (χ1n) is 8.18. The number of fused-ring (bicyclic) bond motifs is 2. The van der Waals surface area contributed by atoms with Crippen LogP contribution in [0.4, 0.5) is 4.39 Å². The van der Waals surface area contributed by atoms with Gasteiger partial charge in [0.05, 0.1) is 0 Å². The lowest BCUT2D eigenvalue weighted by Crippen LogP contribution is -2.46. The molecule has 0 amide bonds. The van der Waals surface area contributed by atoms with Gasteiger partial charge in [0.25, 0.3) is 0 Å². The molecule has 1 unspecified atom stereocenters. The Bertz CT molecular complexity index is 710. The topological polar surface area (TPSA) is 6.48 Å². The Morgan fingerprint density at radius 1 is 1.00 bits per heavy atom. The third-order valence-electron chi connectivity index (χ3n) is 4.92. The summed E-state index contributed by atoms with van der Waals surface area (Å²) in [6.45, 7) is 4.25. The molecule has 2 aromatic carbocycles. The predicted octanol–water partition coefficient (Wildman–Crippen LogP) is 3.82. The van der Waals surface area contributed by atoms with E-state index in [4.69, 9.17) is 0 Å². The van der Waals surface area contributed by atoms with Crippen molar-refractivity contribution in [3.05, 3.63) is 59.4 Å². The summed E-state index contributed by atoms with van der Waals surface area (Å²) in [6, 6.07) is 14.1. The average Bonchev–Trinajstić information content (AvgIpc) is 2.72. The van der Waals surface area contributed by atoms with Gasteiger partial charge in [-0.25, -0.2) is 4.39 Å². The van der Waals surface area contributed by atoms with Crippen LogP contribution in [-0.4, -0.2) is 43.0 Å². The van der Waals surface area contributed by atoms with Gasteiger partial charge in [-0.3, -0.25) is 4.90 Å². The van der Waals surface area contributed by atoms with Crippen LogP contribution in [-0.2, 0) is 6.42 Å². The minimum atomic E-state index is -0.130. The van der Waals surface area contributed by atoms with E-state index in [1.54, 1.807) is 23.9 Å². The highest BCUT2D eigenvalue weighted by Gasteiger charge is 2.29. The minimum absolute atomic E-state index is 0.130. The molecule has 0 saturated carbocycles. The van der Waals surface area contributed by atoms with Gasteiger partial charge < -0.3 is 4.90 Å². The largest absolute Gasteiger partial charge is 0.304 e. The smallest absolute Gasteiger partial charge is 0.123 e.